The van der Waals surface area contributed by atoms with Crippen LogP contribution in [0.4, 0.5) is 0 Å². The van der Waals surface area contributed by atoms with Crippen LogP contribution in [-0.2, 0) is 0 Å². The molecule has 16 heavy (non-hydrogen) atoms. The van der Waals surface area contributed by atoms with E-state index in [9.17, 15) is 0 Å². The van der Waals surface area contributed by atoms with Crippen molar-refractivity contribution in [2.45, 2.75) is 32.8 Å². The van der Waals surface area contributed by atoms with Gasteiger partial charge in [-0.3, -0.25) is 0 Å². The normalized spacial score (nSPS) is 12.2. The van der Waals surface area contributed by atoms with Crippen LogP contribution in [0.5, 0.6) is 11.5 Å². The second-order valence-corrected chi connectivity index (χ2v) is 3.92. The van der Waals surface area contributed by atoms with Crippen molar-refractivity contribution in [2.75, 3.05) is 13.7 Å². The number of methoxy groups -OCH3 is 1. The molecule has 3 nitrogen and oxygen atoms in total. The highest BCUT2D eigenvalue weighted by atomic mass is 16.5. The molecule has 90 valence electrons. The van der Waals surface area contributed by atoms with Gasteiger partial charge >= 0.3 is 0 Å². The number of aryl methyl sites for hydroxylation is 1. The molecular formula is C13H21NO2. The maximum absolute atomic E-state index is 5.83. The fourth-order valence-electron chi connectivity index (χ4n) is 1.60. The molecule has 3 heteroatoms. The molecular weight excluding hydrogens is 202 g/mol. The van der Waals surface area contributed by atoms with E-state index >= 15 is 0 Å². The first kappa shape index (κ1) is 12.8. The second kappa shape index (κ2) is 6.38. The molecule has 0 radical (unpaired) electrons. The third-order valence-electron chi connectivity index (χ3n) is 2.49. The summed E-state index contributed by atoms with van der Waals surface area (Å²) in [4.78, 5) is 0. The maximum atomic E-state index is 5.83. The minimum atomic E-state index is 0.0709. The van der Waals surface area contributed by atoms with Gasteiger partial charge in [-0.1, -0.05) is 19.4 Å². The van der Waals surface area contributed by atoms with Crippen LogP contribution < -0.4 is 15.2 Å². The van der Waals surface area contributed by atoms with Crippen LogP contribution in [0, 0.1) is 6.92 Å². The van der Waals surface area contributed by atoms with Crippen LogP contribution in [-0.4, -0.2) is 19.8 Å². The number of benzene rings is 1. The molecule has 0 aliphatic heterocycles. The van der Waals surface area contributed by atoms with Gasteiger partial charge in [0.25, 0.3) is 0 Å². The molecule has 1 unspecified atom stereocenters. The summed E-state index contributed by atoms with van der Waals surface area (Å²) < 4.78 is 11.1. The van der Waals surface area contributed by atoms with E-state index in [4.69, 9.17) is 15.2 Å². The lowest BCUT2D eigenvalue weighted by Gasteiger charge is -2.18. The van der Waals surface area contributed by atoms with Crippen LogP contribution in [0.2, 0.25) is 0 Å². The zero-order valence-electron chi connectivity index (χ0n) is 10.3. The van der Waals surface area contributed by atoms with Gasteiger partial charge in [0.2, 0.25) is 0 Å². The first-order valence-electron chi connectivity index (χ1n) is 5.72. The van der Waals surface area contributed by atoms with Gasteiger partial charge in [0.05, 0.1) is 7.11 Å². The van der Waals surface area contributed by atoms with Crippen molar-refractivity contribution < 1.29 is 9.47 Å². The molecule has 0 bridgehead atoms. The number of ether oxygens (including phenoxy) is 2. The van der Waals surface area contributed by atoms with Crippen molar-refractivity contribution in [1.29, 1.82) is 0 Å². The predicted molar refractivity (Wildman–Crippen MR) is 66.1 cm³/mol. The lowest BCUT2D eigenvalue weighted by Crippen LogP contribution is -2.26. The Morgan fingerprint density at radius 1 is 1.31 bits per heavy atom. The molecule has 1 atom stereocenters. The summed E-state index contributed by atoms with van der Waals surface area (Å²) in [5.41, 5.74) is 6.82. The molecule has 0 heterocycles. The first-order valence-corrected chi connectivity index (χ1v) is 5.72. The zero-order chi connectivity index (χ0) is 12.0. The van der Waals surface area contributed by atoms with Crippen molar-refractivity contribution in [3.05, 3.63) is 23.8 Å². The standard InChI is InChI=1S/C13H21NO2/c1-4-5-11(9-14)16-12-7-6-10(2)8-13(12)15-3/h6-8,11H,4-5,9,14H2,1-3H3. The van der Waals surface area contributed by atoms with Gasteiger partial charge in [-0.15, -0.1) is 0 Å². The second-order valence-electron chi connectivity index (χ2n) is 3.92. The van der Waals surface area contributed by atoms with Crippen molar-refractivity contribution in [3.63, 3.8) is 0 Å². The van der Waals surface area contributed by atoms with Gasteiger partial charge in [-0.2, -0.15) is 0 Å². The molecule has 0 aliphatic carbocycles. The van der Waals surface area contributed by atoms with Gasteiger partial charge in [-0.25, -0.2) is 0 Å². The fraction of sp³-hybridized carbons (Fsp3) is 0.538. The molecule has 0 aromatic heterocycles. The summed E-state index contributed by atoms with van der Waals surface area (Å²) in [6.45, 7) is 4.68. The van der Waals surface area contributed by atoms with E-state index in [1.54, 1.807) is 7.11 Å². The lowest BCUT2D eigenvalue weighted by atomic mass is 10.2. The smallest absolute Gasteiger partial charge is 0.161 e. The summed E-state index contributed by atoms with van der Waals surface area (Å²) in [6, 6.07) is 5.92. The van der Waals surface area contributed by atoms with Crippen molar-refractivity contribution in [1.82, 2.24) is 0 Å². The molecule has 0 fully saturated rings. The molecule has 0 aliphatic rings. The minimum absolute atomic E-state index is 0.0709. The Morgan fingerprint density at radius 2 is 2.06 bits per heavy atom. The predicted octanol–water partition coefficient (Wildman–Crippen LogP) is 2.51. The van der Waals surface area contributed by atoms with E-state index in [0.29, 0.717) is 6.54 Å². The molecule has 0 saturated carbocycles. The Hall–Kier alpha value is -1.22. The Morgan fingerprint density at radius 3 is 2.62 bits per heavy atom. The topological polar surface area (TPSA) is 44.5 Å². The van der Waals surface area contributed by atoms with E-state index in [-0.39, 0.29) is 6.10 Å². The summed E-state index contributed by atoms with van der Waals surface area (Å²) >= 11 is 0. The average Bonchev–Trinajstić information content (AvgIpc) is 2.30. The molecule has 0 spiro atoms. The molecule has 0 amide bonds. The first-order chi connectivity index (χ1) is 7.71. The maximum Gasteiger partial charge on any atom is 0.161 e. The molecule has 0 saturated heterocycles. The Kier molecular flexibility index (Phi) is 5.12. The highest BCUT2D eigenvalue weighted by molar-refractivity contribution is 5.42. The van der Waals surface area contributed by atoms with Gasteiger partial charge in [-0.05, 0) is 31.0 Å². The summed E-state index contributed by atoms with van der Waals surface area (Å²) in [5, 5.41) is 0. The monoisotopic (exact) mass is 223 g/mol. The summed E-state index contributed by atoms with van der Waals surface area (Å²) in [7, 11) is 1.65. The number of hydrogen-bond donors (Lipinski definition) is 1. The molecule has 2 N–H and O–H groups in total. The van der Waals surface area contributed by atoms with Crippen molar-refractivity contribution >= 4 is 0 Å². The van der Waals surface area contributed by atoms with Gasteiger partial charge < -0.3 is 15.2 Å². The Balaban J connectivity index is 2.78. The third-order valence-corrected chi connectivity index (χ3v) is 2.49. The summed E-state index contributed by atoms with van der Waals surface area (Å²) in [6.07, 6.45) is 2.10. The molecule has 1 rings (SSSR count). The van der Waals surface area contributed by atoms with Crippen molar-refractivity contribution in [3.8, 4) is 11.5 Å². The number of hydrogen-bond acceptors (Lipinski definition) is 3. The molecule has 1 aromatic rings. The van der Waals surface area contributed by atoms with Crippen LogP contribution in [0.15, 0.2) is 18.2 Å². The fourth-order valence-corrected chi connectivity index (χ4v) is 1.60. The number of rotatable bonds is 6. The minimum Gasteiger partial charge on any atom is -0.493 e. The van der Waals surface area contributed by atoms with Crippen LogP contribution in [0.1, 0.15) is 25.3 Å². The largest absolute Gasteiger partial charge is 0.493 e. The average molecular weight is 223 g/mol. The quantitative estimate of drug-likeness (QED) is 0.806. The van der Waals surface area contributed by atoms with Crippen LogP contribution >= 0.6 is 0 Å². The van der Waals surface area contributed by atoms with Gasteiger partial charge in [0.15, 0.2) is 11.5 Å². The highest BCUT2D eigenvalue weighted by Crippen LogP contribution is 2.29. The highest BCUT2D eigenvalue weighted by Gasteiger charge is 2.11. The van der Waals surface area contributed by atoms with Gasteiger partial charge in [0, 0.05) is 6.54 Å². The molecule has 1 aromatic carbocycles. The lowest BCUT2D eigenvalue weighted by molar-refractivity contribution is 0.190. The Labute approximate surface area is 97.6 Å². The van der Waals surface area contributed by atoms with Gasteiger partial charge in [0.1, 0.15) is 6.10 Å². The van der Waals surface area contributed by atoms with E-state index in [2.05, 4.69) is 6.92 Å². The Bertz CT molecular complexity index is 326. The SMILES string of the molecule is CCCC(CN)Oc1ccc(C)cc1OC. The van der Waals surface area contributed by atoms with Crippen LogP contribution in [0.25, 0.3) is 0 Å². The van der Waals surface area contributed by atoms with E-state index < -0.39 is 0 Å². The van der Waals surface area contributed by atoms with Crippen LogP contribution in [0.3, 0.4) is 0 Å². The van der Waals surface area contributed by atoms with E-state index in [1.165, 1.54) is 0 Å². The zero-order valence-corrected chi connectivity index (χ0v) is 10.3. The number of nitrogens with two attached hydrogens (primary N) is 1. The third kappa shape index (κ3) is 3.42. The van der Waals surface area contributed by atoms with Crippen molar-refractivity contribution in [2.24, 2.45) is 5.73 Å². The van der Waals surface area contributed by atoms with E-state index in [0.717, 1.165) is 29.9 Å². The van der Waals surface area contributed by atoms with E-state index in [1.807, 2.05) is 25.1 Å². The summed E-state index contributed by atoms with van der Waals surface area (Å²) in [5.74, 6) is 1.55.